The maximum atomic E-state index is 13.7. The number of nitrogens with zero attached hydrogens (tertiary/aromatic N) is 1. The Balaban J connectivity index is 1.99. The fourth-order valence-corrected chi connectivity index (χ4v) is 8.28. The molecule has 336 valence electrons. The Morgan fingerprint density at radius 2 is 1.59 bits per heavy atom. The molecule has 17 atom stereocenters. The molecule has 2 saturated heterocycles. The van der Waals surface area contributed by atoms with E-state index >= 15 is 0 Å². The predicted octanol–water partition coefficient (Wildman–Crippen LogP) is 2.69. The molecule has 59 heavy (non-hydrogen) atoms. The third-order valence-corrected chi connectivity index (χ3v) is 11.6. The van der Waals surface area contributed by atoms with Crippen molar-refractivity contribution in [3.8, 4) is 0 Å². The van der Waals surface area contributed by atoms with Crippen LogP contribution in [0.2, 0.25) is 0 Å². The number of carbonyl (C=O) groups is 4. The number of aliphatic hydroxyl groups excluding tert-OH is 3. The molecule has 0 aromatic carbocycles. The van der Waals surface area contributed by atoms with E-state index in [1.807, 2.05) is 19.9 Å². The van der Waals surface area contributed by atoms with Crippen LogP contribution in [0, 0.1) is 23.7 Å². The van der Waals surface area contributed by atoms with Crippen LogP contribution in [-0.4, -0.2) is 159 Å². The van der Waals surface area contributed by atoms with E-state index in [1.54, 1.807) is 58.8 Å². The van der Waals surface area contributed by atoms with Crippen molar-refractivity contribution in [1.29, 1.82) is 0 Å². The van der Waals surface area contributed by atoms with Crippen LogP contribution < -0.4 is 0 Å². The normalized spacial score (nSPS) is 40.9. The molecule has 3 rings (SSSR count). The second-order valence-electron chi connectivity index (χ2n) is 16.3. The summed E-state index contributed by atoms with van der Waals surface area (Å²) in [5.41, 5.74) is 0.696. The van der Waals surface area contributed by atoms with Crippen molar-refractivity contribution in [2.24, 2.45) is 23.7 Å². The number of ether oxygens (including phenoxy) is 8. The average molecular weight is 840 g/mol. The van der Waals surface area contributed by atoms with Crippen LogP contribution in [0.4, 0.5) is 0 Å². The summed E-state index contributed by atoms with van der Waals surface area (Å²) in [6.45, 7) is 11.9. The number of hydrogen-bond donors (Lipinski definition) is 3. The van der Waals surface area contributed by atoms with Gasteiger partial charge in [0.15, 0.2) is 24.5 Å². The first-order chi connectivity index (χ1) is 27.9. The van der Waals surface area contributed by atoms with E-state index in [1.165, 1.54) is 33.3 Å². The molecule has 16 nitrogen and oxygen atoms in total. The Kier molecular flexibility index (Phi) is 20.5. The van der Waals surface area contributed by atoms with Crippen molar-refractivity contribution in [3.63, 3.8) is 0 Å². The maximum Gasteiger partial charge on any atom is 0.308 e. The van der Waals surface area contributed by atoms with Crippen molar-refractivity contribution >= 4 is 24.0 Å². The molecule has 0 aromatic rings. The number of likely N-dealkylation sites (N-methyl/N-ethyl adjacent to an activating group) is 1. The summed E-state index contributed by atoms with van der Waals surface area (Å²) in [6, 6.07) is -0.740. The zero-order valence-electron chi connectivity index (χ0n) is 36.5. The molecule has 2 fully saturated rings. The van der Waals surface area contributed by atoms with E-state index in [2.05, 4.69) is 0 Å². The van der Waals surface area contributed by atoms with Gasteiger partial charge in [-0.15, -0.1) is 0 Å². The molecule has 0 bridgehead atoms. The van der Waals surface area contributed by atoms with Crippen LogP contribution in [0.1, 0.15) is 74.1 Å². The standard InChI is InChI=1S/C43H69NO15/c1-12-33-30(22-54-43-41(53-11)40(52-10)39(27(6)56-43)57-28(7)46)19-23(2)16-17-31(47)24(3)20-29(15-13-14-18-45)38(25(4)32(48)21-34(49)58-33)59-42-37(51)35(44(8)9)36(50)26(5)55-42/h13-14,16-19,24-27,29-30,32-33,35-43,48,50-51H,12,15,20-22H2,1-11H3/b14-13+,17-16+,23-19+/t24-,25+,26+,27-,29+,30-,32-,33-,35-,36+,37+,38-,39-,40-,41-,42-,43-/m1/s1. The first-order valence-corrected chi connectivity index (χ1v) is 20.6. The quantitative estimate of drug-likeness (QED) is 0.139. The molecule has 3 heterocycles. The monoisotopic (exact) mass is 839 g/mol. The van der Waals surface area contributed by atoms with Gasteiger partial charge in [0.25, 0.3) is 0 Å². The van der Waals surface area contributed by atoms with Crippen molar-refractivity contribution < 1.29 is 72.4 Å². The van der Waals surface area contributed by atoms with Gasteiger partial charge in [-0.1, -0.05) is 44.6 Å². The lowest BCUT2D eigenvalue weighted by Gasteiger charge is -2.46. The molecule has 0 saturated carbocycles. The van der Waals surface area contributed by atoms with Crippen molar-refractivity contribution in [2.75, 3.05) is 34.9 Å². The highest BCUT2D eigenvalue weighted by Crippen LogP contribution is 2.35. The van der Waals surface area contributed by atoms with Crippen LogP contribution in [0.15, 0.2) is 36.0 Å². The number of rotatable bonds is 13. The lowest BCUT2D eigenvalue weighted by Crippen LogP contribution is -2.63. The molecule has 0 unspecified atom stereocenters. The van der Waals surface area contributed by atoms with Gasteiger partial charge in [0.2, 0.25) is 0 Å². The molecule has 16 heteroatoms. The number of ketones is 1. The molecular weight excluding hydrogens is 770 g/mol. The van der Waals surface area contributed by atoms with Crippen molar-refractivity contribution in [3.05, 3.63) is 36.0 Å². The Labute approximate surface area is 349 Å². The van der Waals surface area contributed by atoms with Crippen LogP contribution in [-0.2, 0) is 57.1 Å². The molecule has 0 aromatic heterocycles. The summed E-state index contributed by atoms with van der Waals surface area (Å²) in [4.78, 5) is 52.3. The summed E-state index contributed by atoms with van der Waals surface area (Å²) >= 11 is 0. The minimum absolute atomic E-state index is 0.0110. The first-order valence-electron chi connectivity index (χ1n) is 20.6. The first kappa shape index (κ1) is 50.5. The van der Waals surface area contributed by atoms with E-state index in [0.717, 1.165) is 0 Å². The highest BCUT2D eigenvalue weighted by atomic mass is 16.7. The molecule has 3 N–H and O–H groups in total. The van der Waals surface area contributed by atoms with Crippen LogP contribution in [0.3, 0.4) is 0 Å². The molecule has 3 aliphatic heterocycles. The van der Waals surface area contributed by atoms with Gasteiger partial charge in [0.05, 0.1) is 49.6 Å². The number of methoxy groups -OCH3 is 2. The van der Waals surface area contributed by atoms with Crippen LogP contribution >= 0.6 is 0 Å². The summed E-state index contributed by atoms with van der Waals surface area (Å²) in [5, 5.41) is 34.0. The minimum atomic E-state index is -1.31. The van der Waals surface area contributed by atoms with Crippen LogP contribution in [0.25, 0.3) is 0 Å². The topological polar surface area (TPSA) is 206 Å². The Hall–Kier alpha value is -2.90. The van der Waals surface area contributed by atoms with Gasteiger partial charge >= 0.3 is 11.9 Å². The molecule has 0 amide bonds. The number of aldehydes is 1. The molecule has 0 aliphatic carbocycles. The molecule has 0 radical (unpaired) electrons. The fraction of sp³-hybridized carbons (Fsp3) is 0.767. The van der Waals surface area contributed by atoms with Gasteiger partial charge in [0, 0.05) is 38.9 Å². The van der Waals surface area contributed by atoms with Gasteiger partial charge < -0.3 is 58.1 Å². The molecule has 3 aliphatic rings. The lowest BCUT2D eigenvalue weighted by atomic mass is 9.79. The zero-order chi connectivity index (χ0) is 44.1. The number of esters is 2. The number of carbonyl (C=O) groups excluding carboxylic acids is 4. The minimum Gasteiger partial charge on any atom is -0.462 e. The second kappa shape index (κ2) is 23.9. The van der Waals surface area contributed by atoms with Gasteiger partial charge in [-0.3, -0.25) is 19.2 Å². The van der Waals surface area contributed by atoms with E-state index in [4.69, 9.17) is 37.9 Å². The van der Waals surface area contributed by atoms with Gasteiger partial charge in [0.1, 0.15) is 30.7 Å². The van der Waals surface area contributed by atoms with Gasteiger partial charge in [-0.05, 0) is 72.2 Å². The van der Waals surface area contributed by atoms with Crippen molar-refractivity contribution in [1.82, 2.24) is 4.90 Å². The lowest BCUT2D eigenvalue weighted by molar-refractivity contribution is -0.306. The highest BCUT2D eigenvalue weighted by Gasteiger charge is 2.49. The van der Waals surface area contributed by atoms with Gasteiger partial charge in [-0.2, -0.15) is 0 Å². The average Bonchev–Trinajstić information content (AvgIpc) is 3.17. The third kappa shape index (κ3) is 13.8. The number of hydrogen-bond acceptors (Lipinski definition) is 16. The smallest absolute Gasteiger partial charge is 0.308 e. The summed E-state index contributed by atoms with van der Waals surface area (Å²) in [6.07, 6.45) is -1.88. The summed E-state index contributed by atoms with van der Waals surface area (Å²) in [7, 11) is 6.39. The second-order valence-corrected chi connectivity index (χ2v) is 16.3. The third-order valence-electron chi connectivity index (χ3n) is 11.6. The Morgan fingerprint density at radius 3 is 2.19 bits per heavy atom. The largest absolute Gasteiger partial charge is 0.462 e. The van der Waals surface area contributed by atoms with E-state index < -0.39 is 122 Å². The number of cyclic esters (lactones) is 1. The number of aliphatic hydroxyl groups is 3. The van der Waals surface area contributed by atoms with E-state index in [0.29, 0.717) is 18.3 Å². The number of allylic oxidation sites excluding steroid dienone is 5. The van der Waals surface area contributed by atoms with E-state index in [9.17, 15) is 34.5 Å². The highest BCUT2D eigenvalue weighted by molar-refractivity contribution is 5.91. The Morgan fingerprint density at radius 1 is 0.932 bits per heavy atom. The van der Waals surface area contributed by atoms with E-state index in [-0.39, 0.29) is 25.2 Å². The summed E-state index contributed by atoms with van der Waals surface area (Å²) < 4.78 is 48.0. The molecular formula is C43H69NO15. The summed E-state index contributed by atoms with van der Waals surface area (Å²) in [5.74, 6) is -3.71. The van der Waals surface area contributed by atoms with Crippen LogP contribution in [0.5, 0.6) is 0 Å². The SMILES string of the molecule is CC[C@H]1OC(=O)C[C@@H](O)[C@H](C)[C@@H](O[C@H]2O[C@@H](C)[C@H](O)[C@@H](N(C)C)[C@@H]2O)[C@@H](C/C=C/C=O)C[C@@H](C)C(=O)/C=C/C(C)=C/[C@@H]1CO[C@@H]1O[C@H](C)[C@@H](OC(C)=O)[C@@H](OC)[C@H]1OC. The maximum absolute atomic E-state index is 13.7. The fourth-order valence-electron chi connectivity index (χ4n) is 8.28. The molecule has 0 spiro atoms. The van der Waals surface area contributed by atoms with Gasteiger partial charge in [-0.25, -0.2) is 0 Å². The van der Waals surface area contributed by atoms with Crippen molar-refractivity contribution in [2.45, 2.75) is 154 Å². The Bertz CT molecular complexity index is 1450. The predicted molar refractivity (Wildman–Crippen MR) is 215 cm³/mol. The zero-order valence-corrected chi connectivity index (χ0v) is 36.5.